The summed E-state index contributed by atoms with van der Waals surface area (Å²) < 4.78 is 16.1. The quantitative estimate of drug-likeness (QED) is 0.414. The van der Waals surface area contributed by atoms with E-state index in [0.717, 1.165) is 40.0 Å². The molecule has 1 N–H and O–H groups in total. The standard InChI is InChI=1S/C25H28O6/c1-4-23(27)29-13-10-20-16-22(19-8-6-18(3)7-9-19)17-21(25(20)31-15-12-26)11-14-30-24(28)5-2/h4-9,16-17,26H,1-2,10-15H2,3H3. The molecule has 0 unspecified atom stereocenters. The van der Waals surface area contributed by atoms with Crippen LogP contribution in [0.15, 0.2) is 61.7 Å². The topological polar surface area (TPSA) is 82.1 Å². The predicted octanol–water partition coefficient (Wildman–Crippen LogP) is 3.58. The van der Waals surface area contributed by atoms with E-state index in [2.05, 4.69) is 13.2 Å². The largest absolute Gasteiger partial charge is 0.491 e. The molecule has 0 spiro atoms. The van der Waals surface area contributed by atoms with E-state index in [-0.39, 0.29) is 26.4 Å². The van der Waals surface area contributed by atoms with Crippen LogP contribution in [0.25, 0.3) is 11.1 Å². The molecule has 0 saturated carbocycles. The molecular formula is C25H28O6. The van der Waals surface area contributed by atoms with E-state index in [9.17, 15) is 14.7 Å². The number of hydrogen-bond acceptors (Lipinski definition) is 6. The second-order valence-electron chi connectivity index (χ2n) is 6.80. The lowest BCUT2D eigenvalue weighted by atomic mass is 9.95. The molecule has 0 heterocycles. The van der Waals surface area contributed by atoms with Gasteiger partial charge in [-0.05, 0) is 41.3 Å². The van der Waals surface area contributed by atoms with E-state index in [1.807, 2.05) is 43.3 Å². The number of benzene rings is 2. The molecule has 6 nitrogen and oxygen atoms in total. The van der Waals surface area contributed by atoms with Crippen LogP contribution in [0.3, 0.4) is 0 Å². The fourth-order valence-corrected chi connectivity index (χ4v) is 3.01. The number of rotatable bonds is 12. The van der Waals surface area contributed by atoms with E-state index in [0.29, 0.717) is 18.6 Å². The van der Waals surface area contributed by atoms with E-state index in [4.69, 9.17) is 14.2 Å². The first kappa shape index (κ1) is 23.9. The summed E-state index contributed by atoms with van der Waals surface area (Å²) >= 11 is 0. The monoisotopic (exact) mass is 424 g/mol. The predicted molar refractivity (Wildman–Crippen MR) is 119 cm³/mol. The maximum atomic E-state index is 11.4. The van der Waals surface area contributed by atoms with Gasteiger partial charge in [-0.2, -0.15) is 0 Å². The first-order chi connectivity index (χ1) is 15.0. The summed E-state index contributed by atoms with van der Waals surface area (Å²) in [4.78, 5) is 22.8. The Kier molecular flexibility index (Phi) is 9.52. The summed E-state index contributed by atoms with van der Waals surface area (Å²) in [6.45, 7) is 9.10. The Morgan fingerprint density at radius 3 is 1.84 bits per heavy atom. The summed E-state index contributed by atoms with van der Waals surface area (Å²) in [7, 11) is 0. The Balaban J connectivity index is 2.41. The summed E-state index contributed by atoms with van der Waals surface area (Å²) in [5.41, 5.74) is 4.79. The second-order valence-corrected chi connectivity index (χ2v) is 6.80. The van der Waals surface area contributed by atoms with Crippen molar-refractivity contribution in [3.05, 3.63) is 78.4 Å². The van der Waals surface area contributed by atoms with Crippen molar-refractivity contribution in [2.75, 3.05) is 26.4 Å². The van der Waals surface area contributed by atoms with Gasteiger partial charge in [0, 0.05) is 25.0 Å². The van der Waals surface area contributed by atoms with Gasteiger partial charge in [-0.3, -0.25) is 0 Å². The van der Waals surface area contributed by atoms with Crippen molar-refractivity contribution in [1.82, 2.24) is 0 Å². The Hall–Kier alpha value is -3.38. The van der Waals surface area contributed by atoms with E-state index >= 15 is 0 Å². The zero-order valence-electron chi connectivity index (χ0n) is 17.8. The molecule has 0 bridgehead atoms. The summed E-state index contributed by atoms with van der Waals surface area (Å²) in [5, 5.41) is 9.24. The number of hydrogen-bond donors (Lipinski definition) is 1. The Morgan fingerprint density at radius 1 is 0.871 bits per heavy atom. The van der Waals surface area contributed by atoms with Crippen LogP contribution in [0.5, 0.6) is 5.75 Å². The minimum absolute atomic E-state index is 0.114. The van der Waals surface area contributed by atoms with Gasteiger partial charge in [0.15, 0.2) is 0 Å². The van der Waals surface area contributed by atoms with Gasteiger partial charge in [0.1, 0.15) is 12.4 Å². The van der Waals surface area contributed by atoms with Crippen LogP contribution in [0.1, 0.15) is 16.7 Å². The van der Waals surface area contributed by atoms with Crippen LogP contribution in [-0.2, 0) is 31.9 Å². The van der Waals surface area contributed by atoms with Crippen molar-refractivity contribution < 1.29 is 28.9 Å². The molecule has 0 amide bonds. The molecule has 0 aliphatic heterocycles. The lowest BCUT2D eigenvalue weighted by Gasteiger charge is -2.18. The maximum absolute atomic E-state index is 11.4. The third-order valence-electron chi connectivity index (χ3n) is 4.53. The van der Waals surface area contributed by atoms with Crippen molar-refractivity contribution >= 4 is 11.9 Å². The molecule has 2 aromatic rings. The first-order valence-corrected chi connectivity index (χ1v) is 10.0. The molecular weight excluding hydrogens is 396 g/mol. The second kappa shape index (κ2) is 12.3. The van der Waals surface area contributed by atoms with Crippen molar-refractivity contribution in [1.29, 1.82) is 0 Å². The molecule has 2 rings (SSSR count). The lowest BCUT2D eigenvalue weighted by molar-refractivity contribution is -0.138. The van der Waals surface area contributed by atoms with Gasteiger partial charge < -0.3 is 19.3 Å². The van der Waals surface area contributed by atoms with E-state index in [1.165, 1.54) is 0 Å². The van der Waals surface area contributed by atoms with Crippen molar-refractivity contribution in [3.8, 4) is 16.9 Å². The van der Waals surface area contributed by atoms with Crippen LogP contribution in [-0.4, -0.2) is 43.5 Å². The van der Waals surface area contributed by atoms with Crippen molar-refractivity contribution in [3.63, 3.8) is 0 Å². The Labute approximate surface area is 182 Å². The van der Waals surface area contributed by atoms with Crippen molar-refractivity contribution in [2.45, 2.75) is 19.8 Å². The van der Waals surface area contributed by atoms with Gasteiger partial charge in [-0.15, -0.1) is 0 Å². The maximum Gasteiger partial charge on any atom is 0.330 e. The van der Waals surface area contributed by atoms with Gasteiger partial charge >= 0.3 is 11.9 Å². The molecule has 31 heavy (non-hydrogen) atoms. The third kappa shape index (κ3) is 7.42. The van der Waals surface area contributed by atoms with Crippen LogP contribution in [0.4, 0.5) is 0 Å². The van der Waals surface area contributed by atoms with Gasteiger partial charge in [0.2, 0.25) is 0 Å². The molecule has 164 valence electrons. The fourth-order valence-electron chi connectivity index (χ4n) is 3.01. The molecule has 0 aliphatic carbocycles. The smallest absolute Gasteiger partial charge is 0.330 e. The van der Waals surface area contributed by atoms with Crippen molar-refractivity contribution in [2.24, 2.45) is 0 Å². The molecule has 0 aromatic heterocycles. The highest BCUT2D eigenvalue weighted by molar-refractivity contribution is 5.81. The average molecular weight is 424 g/mol. The van der Waals surface area contributed by atoms with E-state index < -0.39 is 11.9 Å². The van der Waals surface area contributed by atoms with Gasteiger partial charge in [0.25, 0.3) is 0 Å². The summed E-state index contributed by atoms with van der Waals surface area (Å²) in [6.07, 6.45) is 3.07. The van der Waals surface area contributed by atoms with Crippen LogP contribution < -0.4 is 4.74 Å². The number of aryl methyl sites for hydroxylation is 1. The highest BCUT2D eigenvalue weighted by Crippen LogP contribution is 2.32. The molecule has 0 radical (unpaired) electrons. The molecule has 6 heteroatoms. The van der Waals surface area contributed by atoms with Gasteiger partial charge in [0.05, 0.1) is 19.8 Å². The fraction of sp³-hybridized carbons (Fsp3) is 0.280. The minimum Gasteiger partial charge on any atom is -0.491 e. The van der Waals surface area contributed by atoms with Gasteiger partial charge in [-0.1, -0.05) is 43.0 Å². The van der Waals surface area contributed by atoms with Crippen LogP contribution in [0.2, 0.25) is 0 Å². The molecule has 0 saturated heterocycles. The van der Waals surface area contributed by atoms with Gasteiger partial charge in [-0.25, -0.2) is 9.59 Å². The average Bonchev–Trinajstić information content (AvgIpc) is 2.78. The number of carbonyl (C=O) groups is 2. The normalized spacial score (nSPS) is 10.3. The molecule has 0 atom stereocenters. The molecule has 0 aliphatic rings. The minimum atomic E-state index is -0.496. The first-order valence-electron chi connectivity index (χ1n) is 10.0. The highest BCUT2D eigenvalue weighted by Gasteiger charge is 2.15. The molecule has 0 fully saturated rings. The van der Waals surface area contributed by atoms with Crippen LogP contribution in [0, 0.1) is 6.92 Å². The lowest BCUT2D eigenvalue weighted by Crippen LogP contribution is -2.11. The van der Waals surface area contributed by atoms with E-state index in [1.54, 1.807) is 0 Å². The highest BCUT2D eigenvalue weighted by atomic mass is 16.5. The Bertz CT molecular complexity index is 867. The number of ether oxygens (including phenoxy) is 3. The summed E-state index contributed by atoms with van der Waals surface area (Å²) in [6, 6.07) is 12.1. The zero-order chi connectivity index (χ0) is 22.6. The number of carbonyl (C=O) groups excluding carboxylic acids is 2. The summed E-state index contributed by atoms with van der Waals surface area (Å²) in [5.74, 6) is -0.401. The third-order valence-corrected chi connectivity index (χ3v) is 4.53. The number of esters is 2. The zero-order valence-corrected chi connectivity index (χ0v) is 17.8. The number of aliphatic hydroxyl groups excluding tert-OH is 1. The number of aliphatic hydroxyl groups is 1. The van der Waals surface area contributed by atoms with Crippen LogP contribution >= 0.6 is 0 Å². The Morgan fingerprint density at radius 2 is 1.39 bits per heavy atom. The molecule has 2 aromatic carbocycles. The SMILES string of the molecule is C=CC(=O)OCCc1cc(-c2ccc(C)cc2)cc(CCOC(=O)C=C)c1OCCO.